The summed E-state index contributed by atoms with van der Waals surface area (Å²) in [5.74, 6) is 2.42. The molecule has 6 atom stereocenters. The zero-order chi connectivity index (χ0) is 18.1. The highest BCUT2D eigenvalue weighted by atomic mass is 79.9. The number of hydrogen-bond acceptors (Lipinski definition) is 4. The molecule has 1 aliphatic heterocycles. The third-order valence-corrected chi connectivity index (χ3v) is 7.24. The SMILES string of the molecule is CO[C@@H]1OC[C@H]2[C@@H](COC(=O)c3ccc(Br)cc3)[C@@H]3CCCC[C@H]3C[C@@H]12. The molecule has 26 heavy (non-hydrogen) atoms. The number of methoxy groups -OCH3 is 1. The summed E-state index contributed by atoms with van der Waals surface area (Å²) in [7, 11) is 1.74. The van der Waals surface area contributed by atoms with Gasteiger partial charge < -0.3 is 14.2 Å². The van der Waals surface area contributed by atoms with Crippen LogP contribution < -0.4 is 0 Å². The summed E-state index contributed by atoms with van der Waals surface area (Å²) in [6, 6.07) is 7.36. The van der Waals surface area contributed by atoms with Crippen molar-refractivity contribution in [3.63, 3.8) is 0 Å². The Bertz CT molecular complexity index is 631. The molecular formula is C21H27BrO4. The maximum atomic E-state index is 12.5. The summed E-state index contributed by atoms with van der Waals surface area (Å²) in [4.78, 5) is 12.5. The van der Waals surface area contributed by atoms with Crippen LogP contribution in [0.2, 0.25) is 0 Å². The van der Waals surface area contributed by atoms with Crippen LogP contribution in [0, 0.1) is 29.6 Å². The number of fused-ring (bicyclic) bond motifs is 2. The van der Waals surface area contributed by atoms with E-state index in [9.17, 15) is 4.79 Å². The average molecular weight is 423 g/mol. The van der Waals surface area contributed by atoms with Crippen molar-refractivity contribution in [3.8, 4) is 0 Å². The molecule has 0 amide bonds. The monoisotopic (exact) mass is 422 g/mol. The Kier molecular flexibility index (Phi) is 5.67. The number of carbonyl (C=O) groups excluding carboxylic acids is 1. The third kappa shape index (κ3) is 3.58. The standard InChI is InChI=1S/C21H27BrO4/c1-24-21-17-10-14-4-2-3-5-16(14)18(19(17)12-26-21)11-25-20(23)13-6-8-15(22)9-7-13/h6-9,14,16-19,21H,2-5,10-12H2,1H3/t14-,16+,17+,18-,19+,21+/m0/s1. The first-order valence-electron chi connectivity index (χ1n) is 9.74. The number of esters is 1. The van der Waals surface area contributed by atoms with Gasteiger partial charge in [-0.2, -0.15) is 0 Å². The Hall–Kier alpha value is -0.910. The van der Waals surface area contributed by atoms with Crippen LogP contribution in [0.5, 0.6) is 0 Å². The number of ether oxygens (including phenoxy) is 3. The second kappa shape index (κ2) is 7.99. The molecule has 2 aliphatic carbocycles. The average Bonchev–Trinajstić information content (AvgIpc) is 3.08. The van der Waals surface area contributed by atoms with Crippen molar-refractivity contribution in [1.29, 1.82) is 0 Å². The second-order valence-corrected chi connectivity index (χ2v) is 8.89. The van der Waals surface area contributed by atoms with Crippen LogP contribution in [0.4, 0.5) is 0 Å². The zero-order valence-corrected chi connectivity index (χ0v) is 16.8. The summed E-state index contributed by atoms with van der Waals surface area (Å²) < 4.78 is 18.2. The molecule has 2 saturated carbocycles. The Labute approximate surface area is 163 Å². The van der Waals surface area contributed by atoms with Gasteiger partial charge in [-0.3, -0.25) is 0 Å². The highest BCUT2D eigenvalue weighted by molar-refractivity contribution is 9.10. The van der Waals surface area contributed by atoms with E-state index in [0.29, 0.717) is 35.8 Å². The highest BCUT2D eigenvalue weighted by Crippen LogP contribution is 2.52. The van der Waals surface area contributed by atoms with E-state index < -0.39 is 0 Å². The highest BCUT2D eigenvalue weighted by Gasteiger charge is 2.51. The molecule has 1 aromatic carbocycles. The van der Waals surface area contributed by atoms with Gasteiger partial charge in [0, 0.05) is 23.4 Å². The predicted molar refractivity (Wildman–Crippen MR) is 102 cm³/mol. The molecule has 1 heterocycles. The summed E-state index contributed by atoms with van der Waals surface area (Å²) in [5, 5.41) is 0. The largest absolute Gasteiger partial charge is 0.462 e. The van der Waals surface area contributed by atoms with Crippen molar-refractivity contribution in [2.24, 2.45) is 29.6 Å². The van der Waals surface area contributed by atoms with Crippen molar-refractivity contribution in [2.75, 3.05) is 20.3 Å². The van der Waals surface area contributed by atoms with Crippen LogP contribution in [0.25, 0.3) is 0 Å². The fourth-order valence-corrected chi connectivity index (χ4v) is 5.74. The quantitative estimate of drug-likeness (QED) is 0.661. The lowest BCUT2D eigenvalue weighted by molar-refractivity contribution is -0.120. The van der Waals surface area contributed by atoms with Crippen molar-refractivity contribution in [2.45, 2.75) is 38.4 Å². The molecule has 4 rings (SSSR count). The summed E-state index contributed by atoms with van der Waals surface area (Å²) >= 11 is 3.40. The minimum absolute atomic E-state index is 0.0902. The first-order chi connectivity index (χ1) is 12.7. The zero-order valence-electron chi connectivity index (χ0n) is 15.2. The number of hydrogen-bond donors (Lipinski definition) is 0. The number of benzene rings is 1. The topological polar surface area (TPSA) is 44.8 Å². The fourth-order valence-electron chi connectivity index (χ4n) is 5.47. The molecule has 1 aromatic rings. The first kappa shape index (κ1) is 18.5. The minimum Gasteiger partial charge on any atom is -0.462 e. The summed E-state index contributed by atoms with van der Waals surface area (Å²) in [6.07, 6.45) is 6.28. The van der Waals surface area contributed by atoms with E-state index in [1.165, 1.54) is 32.1 Å². The third-order valence-electron chi connectivity index (χ3n) is 6.71. The predicted octanol–water partition coefficient (Wildman–Crippen LogP) is 4.67. The van der Waals surface area contributed by atoms with Gasteiger partial charge >= 0.3 is 5.97 Å². The Morgan fingerprint density at radius 2 is 1.92 bits per heavy atom. The fraction of sp³-hybridized carbons (Fsp3) is 0.667. The molecule has 0 unspecified atom stereocenters. The van der Waals surface area contributed by atoms with E-state index in [-0.39, 0.29) is 12.3 Å². The molecule has 0 radical (unpaired) electrons. The van der Waals surface area contributed by atoms with Crippen LogP contribution in [-0.2, 0) is 14.2 Å². The van der Waals surface area contributed by atoms with Crippen LogP contribution in [0.3, 0.4) is 0 Å². The normalized spacial score (nSPS) is 36.2. The van der Waals surface area contributed by atoms with Gasteiger partial charge in [-0.15, -0.1) is 0 Å². The van der Waals surface area contributed by atoms with E-state index in [0.717, 1.165) is 17.0 Å². The molecule has 0 aromatic heterocycles. The number of rotatable bonds is 4. The lowest BCUT2D eigenvalue weighted by atomic mass is 9.58. The molecule has 142 valence electrons. The van der Waals surface area contributed by atoms with Crippen molar-refractivity contribution >= 4 is 21.9 Å². The van der Waals surface area contributed by atoms with Crippen molar-refractivity contribution in [1.82, 2.24) is 0 Å². The Balaban J connectivity index is 1.47. The second-order valence-electron chi connectivity index (χ2n) is 7.98. The molecule has 4 nitrogen and oxygen atoms in total. The van der Waals surface area contributed by atoms with Crippen LogP contribution >= 0.6 is 15.9 Å². The number of halogens is 1. The lowest BCUT2D eigenvalue weighted by Gasteiger charge is -2.47. The molecule has 3 aliphatic rings. The van der Waals surface area contributed by atoms with Gasteiger partial charge in [0.1, 0.15) is 0 Å². The van der Waals surface area contributed by atoms with E-state index >= 15 is 0 Å². The van der Waals surface area contributed by atoms with Crippen LogP contribution in [-0.4, -0.2) is 32.6 Å². The molecular weight excluding hydrogens is 396 g/mol. The maximum Gasteiger partial charge on any atom is 0.338 e. The van der Waals surface area contributed by atoms with Gasteiger partial charge in [0.05, 0.1) is 18.8 Å². The molecule has 1 saturated heterocycles. The van der Waals surface area contributed by atoms with Crippen LogP contribution in [0.1, 0.15) is 42.5 Å². The molecule has 0 N–H and O–H groups in total. The molecule has 3 fully saturated rings. The summed E-state index contributed by atoms with van der Waals surface area (Å²) in [6.45, 7) is 1.23. The molecule has 0 bridgehead atoms. The molecule has 5 heteroatoms. The Morgan fingerprint density at radius 1 is 1.15 bits per heavy atom. The van der Waals surface area contributed by atoms with E-state index in [1.807, 2.05) is 12.1 Å². The smallest absolute Gasteiger partial charge is 0.338 e. The van der Waals surface area contributed by atoms with Gasteiger partial charge in [0.25, 0.3) is 0 Å². The van der Waals surface area contributed by atoms with E-state index in [4.69, 9.17) is 14.2 Å². The van der Waals surface area contributed by atoms with E-state index in [1.54, 1.807) is 19.2 Å². The number of carbonyl (C=O) groups is 1. The van der Waals surface area contributed by atoms with Gasteiger partial charge in [-0.05, 0) is 54.9 Å². The summed E-state index contributed by atoms with van der Waals surface area (Å²) in [5.41, 5.74) is 0.609. The molecule has 0 spiro atoms. The van der Waals surface area contributed by atoms with Gasteiger partial charge in [-0.25, -0.2) is 4.79 Å². The minimum atomic E-state index is -0.228. The van der Waals surface area contributed by atoms with Crippen LogP contribution in [0.15, 0.2) is 28.7 Å². The lowest BCUT2D eigenvalue weighted by Crippen LogP contribution is -2.45. The first-order valence-corrected chi connectivity index (χ1v) is 10.5. The van der Waals surface area contributed by atoms with E-state index in [2.05, 4.69) is 15.9 Å². The van der Waals surface area contributed by atoms with Gasteiger partial charge in [0.15, 0.2) is 6.29 Å². The Morgan fingerprint density at radius 3 is 2.69 bits per heavy atom. The van der Waals surface area contributed by atoms with Gasteiger partial charge in [-0.1, -0.05) is 35.2 Å². The maximum absolute atomic E-state index is 12.5. The van der Waals surface area contributed by atoms with Crippen molar-refractivity contribution in [3.05, 3.63) is 34.3 Å². The van der Waals surface area contributed by atoms with Gasteiger partial charge in [0.2, 0.25) is 0 Å². The van der Waals surface area contributed by atoms with Crippen molar-refractivity contribution < 1.29 is 19.0 Å².